The number of benzene rings is 2. The third-order valence-corrected chi connectivity index (χ3v) is 5.87. The summed E-state index contributed by atoms with van der Waals surface area (Å²) in [5, 5.41) is 14.6. The van der Waals surface area contributed by atoms with Crippen LogP contribution in [-0.2, 0) is 4.79 Å². The summed E-state index contributed by atoms with van der Waals surface area (Å²) in [6.45, 7) is 5.37. The molecule has 1 unspecified atom stereocenters. The molecular weight excluding hydrogens is 448 g/mol. The number of nitrogens with zero attached hydrogens (tertiary/aromatic N) is 3. The number of ether oxygens (including phenoxy) is 1. The van der Waals surface area contributed by atoms with Crippen LogP contribution in [0.5, 0.6) is 5.75 Å². The van der Waals surface area contributed by atoms with E-state index in [1.54, 1.807) is 41.3 Å². The Hall–Kier alpha value is -3.33. The second kappa shape index (κ2) is 10.5. The zero-order chi connectivity index (χ0) is 24.1. The minimum Gasteiger partial charge on any atom is -0.496 e. The van der Waals surface area contributed by atoms with Crippen molar-refractivity contribution < 1.29 is 19.2 Å². The maximum Gasteiger partial charge on any atom is 0.294 e. The van der Waals surface area contributed by atoms with Crippen LogP contribution < -0.4 is 15.0 Å². The largest absolute Gasteiger partial charge is 0.496 e. The van der Waals surface area contributed by atoms with Crippen molar-refractivity contribution in [3.05, 3.63) is 63.2 Å². The Morgan fingerprint density at radius 2 is 1.79 bits per heavy atom. The lowest BCUT2D eigenvalue weighted by atomic mass is 10.0. The zero-order valence-corrected chi connectivity index (χ0v) is 19.5. The highest BCUT2D eigenvalue weighted by molar-refractivity contribution is 6.30. The molecule has 1 N–H and O–H groups in total. The Balaban J connectivity index is 1.69. The summed E-state index contributed by atoms with van der Waals surface area (Å²) in [6, 6.07) is 10.7. The number of anilines is 1. The van der Waals surface area contributed by atoms with Gasteiger partial charge in [-0.2, -0.15) is 0 Å². The van der Waals surface area contributed by atoms with Crippen LogP contribution in [0.1, 0.15) is 24.2 Å². The molecule has 0 saturated carbocycles. The van der Waals surface area contributed by atoms with Gasteiger partial charge in [0, 0.05) is 37.3 Å². The molecule has 1 aliphatic heterocycles. The summed E-state index contributed by atoms with van der Waals surface area (Å²) in [4.78, 5) is 40.6. The van der Waals surface area contributed by atoms with Gasteiger partial charge in [0.05, 0.1) is 17.6 Å². The quantitative estimate of drug-likeness (QED) is 0.487. The van der Waals surface area contributed by atoms with Gasteiger partial charge in [-0.25, -0.2) is 0 Å². The molecule has 0 aromatic heterocycles. The van der Waals surface area contributed by atoms with E-state index in [0.717, 1.165) is 0 Å². The number of rotatable bonds is 7. The van der Waals surface area contributed by atoms with E-state index in [0.29, 0.717) is 48.2 Å². The summed E-state index contributed by atoms with van der Waals surface area (Å²) in [5.41, 5.74) is 0.770. The number of piperazine rings is 1. The van der Waals surface area contributed by atoms with Crippen LogP contribution in [0.4, 0.5) is 11.4 Å². The fourth-order valence-electron chi connectivity index (χ4n) is 3.84. The van der Waals surface area contributed by atoms with E-state index in [4.69, 9.17) is 16.3 Å². The Morgan fingerprint density at radius 3 is 2.39 bits per heavy atom. The van der Waals surface area contributed by atoms with Crippen molar-refractivity contribution in [1.29, 1.82) is 0 Å². The predicted octanol–water partition coefficient (Wildman–Crippen LogP) is 3.36. The van der Waals surface area contributed by atoms with Gasteiger partial charge < -0.3 is 19.9 Å². The second-order valence-corrected chi connectivity index (χ2v) is 8.53. The van der Waals surface area contributed by atoms with Crippen molar-refractivity contribution in [2.24, 2.45) is 5.92 Å². The molecule has 1 atom stereocenters. The highest BCUT2D eigenvalue weighted by Crippen LogP contribution is 2.31. The van der Waals surface area contributed by atoms with Crippen molar-refractivity contribution in [3.8, 4) is 5.75 Å². The molecule has 9 nitrogen and oxygen atoms in total. The molecule has 1 fully saturated rings. The molecule has 0 radical (unpaired) electrons. The molecular formula is C23H27ClN4O5. The Kier molecular flexibility index (Phi) is 7.75. The second-order valence-electron chi connectivity index (χ2n) is 8.10. The van der Waals surface area contributed by atoms with E-state index in [9.17, 15) is 19.7 Å². The third-order valence-electron chi connectivity index (χ3n) is 5.64. The van der Waals surface area contributed by atoms with E-state index in [-0.39, 0.29) is 23.4 Å². The fourth-order valence-corrected chi connectivity index (χ4v) is 4.01. The zero-order valence-electron chi connectivity index (χ0n) is 18.8. The third kappa shape index (κ3) is 5.54. The normalized spacial score (nSPS) is 14.7. The van der Waals surface area contributed by atoms with Crippen LogP contribution >= 0.6 is 11.6 Å². The standard InChI is InChI=1S/C23H27ClN4O5/c1-15(2)21(25-22(29)17-6-4-5-7-20(17)33-3)23(30)27-12-10-26(11-13-27)18-9-8-16(24)14-19(18)28(31)32/h4-9,14-15,21H,10-13H2,1-3H3,(H,25,29). The van der Waals surface area contributed by atoms with E-state index in [2.05, 4.69) is 5.32 Å². The minimum absolute atomic E-state index is 0.0635. The fraction of sp³-hybridized carbons (Fsp3) is 0.391. The number of hydrogen-bond acceptors (Lipinski definition) is 6. The molecule has 1 heterocycles. The van der Waals surface area contributed by atoms with Gasteiger partial charge in [0.2, 0.25) is 5.91 Å². The van der Waals surface area contributed by atoms with E-state index >= 15 is 0 Å². The maximum absolute atomic E-state index is 13.3. The summed E-state index contributed by atoms with van der Waals surface area (Å²) in [7, 11) is 1.49. The first-order valence-corrected chi connectivity index (χ1v) is 11.0. The lowest BCUT2D eigenvalue weighted by Gasteiger charge is -2.38. The number of amides is 2. The Morgan fingerprint density at radius 1 is 1.12 bits per heavy atom. The number of nitro groups is 1. The van der Waals surface area contributed by atoms with Crippen LogP contribution in [0.25, 0.3) is 0 Å². The van der Waals surface area contributed by atoms with E-state index in [1.165, 1.54) is 13.2 Å². The molecule has 33 heavy (non-hydrogen) atoms. The van der Waals surface area contributed by atoms with Crippen molar-refractivity contribution >= 4 is 34.8 Å². The average Bonchev–Trinajstić information content (AvgIpc) is 2.81. The molecule has 1 aliphatic rings. The van der Waals surface area contributed by atoms with E-state index in [1.807, 2.05) is 18.7 Å². The summed E-state index contributed by atoms with van der Waals surface area (Å²) >= 11 is 5.92. The maximum atomic E-state index is 13.3. The van der Waals surface area contributed by atoms with Crippen molar-refractivity contribution in [2.75, 3.05) is 38.2 Å². The molecule has 2 aromatic carbocycles. The number of nitro benzene ring substituents is 1. The van der Waals surface area contributed by atoms with E-state index < -0.39 is 11.0 Å². The molecule has 1 saturated heterocycles. The molecule has 10 heteroatoms. The van der Waals surface area contributed by atoms with Gasteiger partial charge >= 0.3 is 0 Å². The van der Waals surface area contributed by atoms with Gasteiger partial charge in [0.15, 0.2) is 0 Å². The van der Waals surface area contributed by atoms with Gasteiger partial charge in [-0.15, -0.1) is 0 Å². The Labute approximate surface area is 197 Å². The monoisotopic (exact) mass is 474 g/mol. The van der Waals surface area contributed by atoms with Gasteiger partial charge in [-0.05, 0) is 30.2 Å². The Bertz CT molecular complexity index is 1040. The molecule has 0 aliphatic carbocycles. The highest BCUT2D eigenvalue weighted by atomic mass is 35.5. The number of halogens is 1. The number of para-hydroxylation sites is 1. The van der Waals surface area contributed by atoms with Gasteiger partial charge in [0.25, 0.3) is 11.6 Å². The van der Waals surface area contributed by atoms with Gasteiger partial charge in [0.1, 0.15) is 17.5 Å². The molecule has 0 bridgehead atoms. The van der Waals surface area contributed by atoms with Gasteiger partial charge in [-0.3, -0.25) is 19.7 Å². The van der Waals surface area contributed by atoms with Gasteiger partial charge in [-0.1, -0.05) is 37.6 Å². The van der Waals surface area contributed by atoms with Crippen LogP contribution in [0.3, 0.4) is 0 Å². The number of nitrogens with one attached hydrogen (secondary N) is 1. The predicted molar refractivity (Wildman–Crippen MR) is 126 cm³/mol. The van der Waals surface area contributed by atoms with Crippen molar-refractivity contribution in [2.45, 2.75) is 19.9 Å². The van der Waals surface area contributed by atoms with Crippen molar-refractivity contribution in [3.63, 3.8) is 0 Å². The molecule has 176 valence electrons. The number of carbonyl (C=O) groups excluding carboxylic acids is 2. The lowest BCUT2D eigenvalue weighted by molar-refractivity contribution is -0.384. The van der Waals surface area contributed by atoms with Crippen LogP contribution in [-0.4, -0.2) is 61.0 Å². The molecule has 2 aromatic rings. The van der Waals surface area contributed by atoms with Crippen LogP contribution in [0.2, 0.25) is 5.02 Å². The highest BCUT2D eigenvalue weighted by Gasteiger charge is 2.32. The molecule has 2 amide bonds. The molecule has 0 spiro atoms. The number of methoxy groups -OCH3 is 1. The molecule has 3 rings (SSSR count). The smallest absolute Gasteiger partial charge is 0.294 e. The summed E-state index contributed by atoms with van der Waals surface area (Å²) in [6.07, 6.45) is 0. The first-order chi connectivity index (χ1) is 15.7. The first-order valence-electron chi connectivity index (χ1n) is 10.6. The summed E-state index contributed by atoms with van der Waals surface area (Å²) < 4.78 is 5.26. The topological polar surface area (TPSA) is 105 Å². The number of hydrogen-bond donors (Lipinski definition) is 1. The first kappa shape index (κ1) is 24.3. The number of carbonyl (C=O) groups is 2. The average molecular weight is 475 g/mol. The summed E-state index contributed by atoms with van der Waals surface area (Å²) in [5.74, 6) is -0.261. The van der Waals surface area contributed by atoms with Crippen LogP contribution in [0.15, 0.2) is 42.5 Å². The lowest BCUT2D eigenvalue weighted by Crippen LogP contribution is -2.56. The SMILES string of the molecule is COc1ccccc1C(=O)NC(C(=O)N1CCN(c2ccc(Cl)cc2[N+](=O)[O-])CC1)C(C)C. The van der Waals surface area contributed by atoms with Crippen molar-refractivity contribution in [1.82, 2.24) is 10.2 Å². The van der Waals surface area contributed by atoms with Crippen LogP contribution in [0, 0.1) is 16.0 Å². The minimum atomic E-state index is -0.709.